The summed E-state index contributed by atoms with van der Waals surface area (Å²) in [7, 11) is 1.46. The van der Waals surface area contributed by atoms with Gasteiger partial charge in [0.2, 0.25) is 5.69 Å². The van der Waals surface area contributed by atoms with Crippen molar-refractivity contribution < 1.29 is 22.9 Å². The lowest BCUT2D eigenvalue weighted by atomic mass is 10.1. The third-order valence-electron chi connectivity index (χ3n) is 4.45. The SMILES string of the molecule is Cn1ncc([N+](=O)[O-])c1C(=O)N1CCN(c2ccc(C(F)(F)F)cc2)CC1. The van der Waals surface area contributed by atoms with Gasteiger partial charge in [0, 0.05) is 38.9 Å². The number of rotatable bonds is 3. The zero-order chi connectivity index (χ0) is 19.8. The van der Waals surface area contributed by atoms with Gasteiger partial charge in [0.15, 0.2) is 0 Å². The Morgan fingerprint density at radius 3 is 2.26 bits per heavy atom. The van der Waals surface area contributed by atoms with Crippen molar-refractivity contribution >= 4 is 17.3 Å². The van der Waals surface area contributed by atoms with Crippen LogP contribution in [0.2, 0.25) is 0 Å². The number of anilines is 1. The second-order valence-corrected chi connectivity index (χ2v) is 6.08. The number of piperazine rings is 1. The predicted molar refractivity (Wildman–Crippen MR) is 89.4 cm³/mol. The molecule has 1 aromatic heterocycles. The summed E-state index contributed by atoms with van der Waals surface area (Å²) < 4.78 is 39.1. The van der Waals surface area contributed by atoms with E-state index in [2.05, 4.69) is 5.10 Å². The maximum Gasteiger partial charge on any atom is 0.416 e. The highest BCUT2D eigenvalue weighted by molar-refractivity contribution is 5.96. The summed E-state index contributed by atoms with van der Waals surface area (Å²) in [5.41, 5.74) is -0.541. The van der Waals surface area contributed by atoms with Crippen molar-refractivity contribution in [1.82, 2.24) is 14.7 Å². The van der Waals surface area contributed by atoms with Crippen molar-refractivity contribution in [3.05, 3.63) is 51.8 Å². The molecule has 11 heteroatoms. The number of nitrogens with zero attached hydrogens (tertiary/aromatic N) is 5. The monoisotopic (exact) mass is 383 g/mol. The van der Waals surface area contributed by atoms with Crippen molar-refractivity contribution in [2.75, 3.05) is 31.1 Å². The Morgan fingerprint density at radius 2 is 1.74 bits per heavy atom. The maximum absolute atomic E-state index is 12.6. The number of nitro groups is 1. The van der Waals surface area contributed by atoms with Crippen LogP contribution in [0.1, 0.15) is 16.1 Å². The van der Waals surface area contributed by atoms with E-state index in [0.717, 1.165) is 18.3 Å². The zero-order valence-electron chi connectivity index (χ0n) is 14.3. The molecule has 0 bridgehead atoms. The highest BCUT2D eigenvalue weighted by Crippen LogP contribution is 2.30. The lowest BCUT2D eigenvalue weighted by Gasteiger charge is -2.36. The summed E-state index contributed by atoms with van der Waals surface area (Å²) >= 11 is 0. The van der Waals surface area contributed by atoms with Crippen LogP contribution in [-0.4, -0.2) is 51.7 Å². The molecule has 2 aromatic rings. The van der Waals surface area contributed by atoms with Crippen LogP contribution in [0.25, 0.3) is 0 Å². The molecule has 1 fully saturated rings. The lowest BCUT2D eigenvalue weighted by Crippen LogP contribution is -2.49. The zero-order valence-corrected chi connectivity index (χ0v) is 14.3. The molecule has 0 unspecified atom stereocenters. The van der Waals surface area contributed by atoms with Crippen LogP contribution in [0, 0.1) is 10.1 Å². The van der Waals surface area contributed by atoms with Gasteiger partial charge in [-0.25, -0.2) is 0 Å². The summed E-state index contributed by atoms with van der Waals surface area (Å²) in [6.07, 6.45) is -3.35. The topological polar surface area (TPSA) is 84.5 Å². The van der Waals surface area contributed by atoms with Gasteiger partial charge in [-0.2, -0.15) is 18.3 Å². The largest absolute Gasteiger partial charge is 0.416 e. The second kappa shape index (κ2) is 6.89. The number of halogens is 3. The van der Waals surface area contributed by atoms with Gasteiger partial charge in [-0.05, 0) is 24.3 Å². The van der Waals surface area contributed by atoms with E-state index >= 15 is 0 Å². The minimum atomic E-state index is -4.39. The number of aryl methyl sites for hydroxylation is 1. The number of carbonyl (C=O) groups is 1. The van der Waals surface area contributed by atoms with Gasteiger partial charge < -0.3 is 9.80 Å². The summed E-state index contributed by atoms with van der Waals surface area (Å²) in [5.74, 6) is -0.492. The Morgan fingerprint density at radius 1 is 1.15 bits per heavy atom. The maximum atomic E-state index is 12.6. The predicted octanol–water partition coefficient (Wildman–Crippen LogP) is 2.31. The van der Waals surface area contributed by atoms with Crippen molar-refractivity contribution in [2.24, 2.45) is 7.05 Å². The third kappa shape index (κ3) is 3.71. The Kier molecular flexibility index (Phi) is 4.77. The van der Waals surface area contributed by atoms with Crippen LogP contribution in [0.15, 0.2) is 30.5 Å². The number of amides is 1. The molecule has 1 aromatic carbocycles. The molecular formula is C16H16F3N5O3. The van der Waals surface area contributed by atoms with Crippen LogP contribution >= 0.6 is 0 Å². The molecule has 0 radical (unpaired) electrons. The van der Waals surface area contributed by atoms with Crippen LogP contribution < -0.4 is 4.90 Å². The summed E-state index contributed by atoms with van der Waals surface area (Å²) in [4.78, 5) is 26.4. The third-order valence-corrected chi connectivity index (χ3v) is 4.45. The van der Waals surface area contributed by atoms with E-state index in [1.165, 1.54) is 28.8 Å². The fraction of sp³-hybridized carbons (Fsp3) is 0.375. The first-order chi connectivity index (χ1) is 12.7. The molecule has 2 heterocycles. The average molecular weight is 383 g/mol. The lowest BCUT2D eigenvalue weighted by molar-refractivity contribution is -0.385. The Labute approximate surface area is 151 Å². The molecule has 27 heavy (non-hydrogen) atoms. The van der Waals surface area contributed by atoms with Gasteiger partial charge in [-0.1, -0.05) is 0 Å². The molecule has 0 spiro atoms. The molecule has 0 saturated carbocycles. The Balaban J connectivity index is 1.68. The molecule has 1 aliphatic heterocycles. The van der Waals surface area contributed by atoms with Crippen molar-refractivity contribution in [1.29, 1.82) is 0 Å². The van der Waals surface area contributed by atoms with Crippen LogP contribution in [-0.2, 0) is 13.2 Å². The van der Waals surface area contributed by atoms with Crippen molar-refractivity contribution in [2.45, 2.75) is 6.18 Å². The first-order valence-corrected chi connectivity index (χ1v) is 8.06. The fourth-order valence-corrected chi connectivity index (χ4v) is 2.99. The first kappa shape index (κ1) is 18.7. The number of aromatic nitrogens is 2. The standard InChI is InChI=1S/C16H16F3N5O3/c1-21-14(13(10-20-21)24(26)27)15(25)23-8-6-22(7-9-23)12-4-2-11(3-5-12)16(17,18)19/h2-5,10H,6-9H2,1H3. The number of benzene rings is 1. The van der Waals surface area contributed by atoms with Gasteiger partial charge in [0.1, 0.15) is 6.20 Å². The number of hydrogen-bond acceptors (Lipinski definition) is 5. The highest BCUT2D eigenvalue weighted by Gasteiger charge is 2.32. The van der Waals surface area contributed by atoms with E-state index in [1.54, 1.807) is 0 Å². The molecule has 0 aliphatic carbocycles. The fourth-order valence-electron chi connectivity index (χ4n) is 2.99. The number of hydrogen-bond donors (Lipinski definition) is 0. The van der Waals surface area contributed by atoms with Crippen LogP contribution in [0.5, 0.6) is 0 Å². The Bertz CT molecular complexity index is 855. The van der Waals surface area contributed by atoms with E-state index < -0.39 is 22.6 Å². The molecular weight excluding hydrogens is 367 g/mol. The molecule has 3 rings (SSSR count). The van der Waals surface area contributed by atoms with Gasteiger partial charge >= 0.3 is 11.9 Å². The number of carbonyl (C=O) groups excluding carboxylic acids is 1. The second-order valence-electron chi connectivity index (χ2n) is 6.08. The summed E-state index contributed by atoms with van der Waals surface area (Å²) in [5, 5.41) is 14.8. The molecule has 0 N–H and O–H groups in total. The van der Waals surface area contributed by atoms with E-state index in [4.69, 9.17) is 0 Å². The molecule has 144 valence electrons. The molecule has 0 atom stereocenters. The normalized spacial score (nSPS) is 15.1. The summed E-state index contributed by atoms with van der Waals surface area (Å²) in [6, 6.07) is 4.83. The van der Waals surface area contributed by atoms with Crippen molar-refractivity contribution in [3.8, 4) is 0 Å². The average Bonchev–Trinajstić information content (AvgIpc) is 3.02. The highest BCUT2D eigenvalue weighted by atomic mass is 19.4. The van der Waals surface area contributed by atoms with Gasteiger partial charge in [-0.3, -0.25) is 19.6 Å². The molecule has 1 aliphatic rings. The summed E-state index contributed by atoms with van der Waals surface area (Å²) in [6.45, 7) is 1.40. The van der Waals surface area contributed by atoms with E-state index in [-0.39, 0.29) is 11.4 Å². The van der Waals surface area contributed by atoms with Crippen molar-refractivity contribution in [3.63, 3.8) is 0 Å². The van der Waals surface area contributed by atoms with Gasteiger partial charge in [0.25, 0.3) is 5.91 Å². The van der Waals surface area contributed by atoms with Gasteiger partial charge in [0.05, 0.1) is 10.5 Å². The van der Waals surface area contributed by atoms with Gasteiger partial charge in [-0.15, -0.1) is 0 Å². The number of alkyl halides is 3. The molecule has 1 saturated heterocycles. The molecule has 1 amide bonds. The minimum Gasteiger partial charge on any atom is -0.368 e. The Hall–Kier alpha value is -3.11. The quantitative estimate of drug-likeness (QED) is 0.600. The molecule has 8 nitrogen and oxygen atoms in total. The van der Waals surface area contributed by atoms with Crippen LogP contribution in [0.3, 0.4) is 0 Å². The first-order valence-electron chi connectivity index (χ1n) is 8.06. The van der Waals surface area contributed by atoms with E-state index in [0.29, 0.717) is 31.9 Å². The van der Waals surface area contributed by atoms with E-state index in [1.807, 2.05) is 4.90 Å². The minimum absolute atomic E-state index is 0.0945. The van der Waals surface area contributed by atoms with E-state index in [9.17, 15) is 28.1 Å². The van der Waals surface area contributed by atoms with Crippen LogP contribution in [0.4, 0.5) is 24.5 Å². The smallest absolute Gasteiger partial charge is 0.368 e.